The lowest BCUT2D eigenvalue weighted by Crippen LogP contribution is -1.90. The van der Waals surface area contributed by atoms with Crippen LogP contribution in [-0.4, -0.2) is 4.98 Å². The molecule has 0 aliphatic heterocycles. The average Bonchev–Trinajstić information content (AvgIpc) is 2.18. The van der Waals surface area contributed by atoms with E-state index in [9.17, 15) is 0 Å². The van der Waals surface area contributed by atoms with Crippen LogP contribution in [0.2, 0.25) is 10.3 Å². The van der Waals surface area contributed by atoms with Crippen molar-refractivity contribution in [3.05, 3.63) is 40.1 Å². The third-order valence-electron chi connectivity index (χ3n) is 2.27. The van der Waals surface area contributed by atoms with E-state index in [1.807, 2.05) is 24.3 Å². The summed E-state index contributed by atoms with van der Waals surface area (Å²) >= 11 is 12.0. The van der Waals surface area contributed by atoms with Crippen molar-refractivity contribution < 1.29 is 0 Å². The van der Waals surface area contributed by atoms with Crippen LogP contribution in [0.25, 0.3) is 10.8 Å². The first kappa shape index (κ1) is 9.75. The van der Waals surface area contributed by atoms with Crippen molar-refractivity contribution in [3.8, 4) is 0 Å². The van der Waals surface area contributed by atoms with Gasteiger partial charge in [-0.25, -0.2) is 4.98 Å². The molecule has 1 nitrogen and oxygen atoms in total. The molecule has 2 rings (SSSR count). The highest BCUT2D eigenvalue weighted by Crippen LogP contribution is 2.29. The van der Waals surface area contributed by atoms with Gasteiger partial charge >= 0.3 is 0 Å². The fourth-order valence-corrected chi connectivity index (χ4v) is 2.20. The molecule has 0 radical (unpaired) electrons. The lowest BCUT2D eigenvalue weighted by molar-refractivity contribution is 1.13. The number of hydrogen-bond donors (Lipinski definition) is 0. The normalized spacial score (nSPS) is 10.8. The van der Waals surface area contributed by atoms with Gasteiger partial charge in [0.15, 0.2) is 0 Å². The van der Waals surface area contributed by atoms with Gasteiger partial charge in [0.25, 0.3) is 0 Å². The minimum atomic E-state index is 0.475. The van der Waals surface area contributed by atoms with Crippen LogP contribution in [0.4, 0.5) is 0 Å². The van der Waals surface area contributed by atoms with Crippen LogP contribution in [-0.2, 0) is 6.42 Å². The summed E-state index contributed by atoms with van der Waals surface area (Å²) in [5.41, 5.74) is 1.06. The Morgan fingerprint density at radius 3 is 2.36 bits per heavy atom. The summed E-state index contributed by atoms with van der Waals surface area (Å²) in [6.45, 7) is 2.06. The van der Waals surface area contributed by atoms with Crippen molar-refractivity contribution in [2.75, 3.05) is 0 Å². The van der Waals surface area contributed by atoms with Crippen LogP contribution < -0.4 is 0 Å². The van der Waals surface area contributed by atoms with Crippen LogP contribution in [0.3, 0.4) is 0 Å². The Kier molecular flexibility index (Phi) is 2.62. The summed E-state index contributed by atoms with van der Waals surface area (Å²) in [5.74, 6) is 0. The molecule has 0 fully saturated rings. The molecule has 0 saturated carbocycles. The Morgan fingerprint density at radius 2 is 1.71 bits per heavy atom. The summed E-state index contributed by atoms with van der Waals surface area (Å²) in [5, 5.41) is 3.05. The number of halogens is 2. The highest BCUT2D eigenvalue weighted by molar-refractivity contribution is 6.37. The van der Waals surface area contributed by atoms with Gasteiger partial charge in [0, 0.05) is 5.39 Å². The topological polar surface area (TPSA) is 12.9 Å². The second kappa shape index (κ2) is 3.76. The van der Waals surface area contributed by atoms with Crippen LogP contribution in [0.15, 0.2) is 24.3 Å². The molecule has 0 amide bonds. The lowest BCUT2D eigenvalue weighted by Gasteiger charge is -2.07. The van der Waals surface area contributed by atoms with Crippen molar-refractivity contribution >= 4 is 34.0 Å². The van der Waals surface area contributed by atoms with E-state index < -0.39 is 0 Å². The van der Waals surface area contributed by atoms with Crippen LogP contribution in [0.1, 0.15) is 12.5 Å². The van der Waals surface area contributed by atoms with Gasteiger partial charge in [-0.15, -0.1) is 0 Å². The molecular weight excluding hydrogens is 217 g/mol. The smallest absolute Gasteiger partial charge is 0.138 e. The summed E-state index contributed by atoms with van der Waals surface area (Å²) in [7, 11) is 0. The first-order valence-electron chi connectivity index (χ1n) is 4.46. The van der Waals surface area contributed by atoms with E-state index in [1.54, 1.807) is 0 Å². The maximum atomic E-state index is 6.01. The predicted octanol–water partition coefficient (Wildman–Crippen LogP) is 4.10. The minimum absolute atomic E-state index is 0.475. The van der Waals surface area contributed by atoms with Crippen LogP contribution >= 0.6 is 23.2 Å². The molecule has 0 spiro atoms. The van der Waals surface area contributed by atoms with E-state index in [4.69, 9.17) is 23.2 Å². The number of pyridine rings is 1. The van der Waals surface area contributed by atoms with E-state index in [-0.39, 0.29) is 0 Å². The zero-order valence-electron chi connectivity index (χ0n) is 7.72. The predicted molar refractivity (Wildman–Crippen MR) is 61.1 cm³/mol. The molecule has 0 aliphatic carbocycles. The summed E-state index contributed by atoms with van der Waals surface area (Å²) < 4.78 is 0. The summed E-state index contributed by atoms with van der Waals surface area (Å²) in [6.07, 6.45) is 0.865. The minimum Gasteiger partial charge on any atom is -0.223 e. The third kappa shape index (κ3) is 1.47. The molecule has 0 N–H and O–H groups in total. The number of hydrogen-bond acceptors (Lipinski definition) is 1. The van der Waals surface area contributed by atoms with E-state index in [0.29, 0.717) is 10.3 Å². The maximum absolute atomic E-state index is 6.01. The highest BCUT2D eigenvalue weighted by atomic mass is 35.5. The first-order valence-corrected chi connectivity index (χ1v) is 5.22. The summed E-state index contributed by atoms with van der Waals surface area (Å²) in [4.78, 5) is 4.10. The largest absolute Gasteiger partial charge is 0.223 e. The Balaban J connectivity index is 2.90. The number of nitrogens with zero attached hydrogens (tertiary/aromatic N) is 1. The van der Waals surface area contributed by atoms with E-state index in [0.717, 1.165) is 22.8 Å². The quantitative estimate of drug-likeness (QED) is 0.667. The average molecular weight is 226 g/mol. The molecule has 0 bridgehead atoms. The van der Waals surface area contributed by atoms with Gasteiger partial charge in [0.2, 0.25) is 0 Å². The standard InChI is InChI=1S/C11H9Cl2N/c1-2-7-8-5-3-4-6-9(8)11(13)14-10(7)12/h3-6H,2H2,1H3. The number of benzene rings is 1. The van der Waals surface area contributed by atoms with Gasteiger partial charge in [0.05, 0.1) is 0 Å². The van der Waals surface area contributed by atoms with Crippen molar-refractivity contribution in [2.24, 2.45) is 0 Å². The molecule has 1 heterocycles. The molecule has 0 aliphatic rings. The second-order valence-corrected chi connectivity index (χ2v) is 3.79. The monoisotopic (exact) mass is 225 g/mol. The van der Waals surface area contributed by atoms with E-state index in [2.05, 4.69) is 11.9 Å². The Morgan fingerprint density at radius 1 is 1.07 bits per heavy atom. The molecule has 3 heteroatoms. The Hall–Kier alpha value is -0.790. The van der Waals surface area contributed by atoms with Crippen molar-refractivity contribution in [3.63, 3.8) is 0 Å². The maximum Gasteiger partial charge on any atom is 0.138 e. The number of aromatic nitrogens is 1. The fraction of sp³-hybridized carbons (Fsp3) is 0.182. The molecule has 1 aromatic carbocycles. The second-order valence-electron chi connectivity index (χ2n) is 3.07. The van der Waals surface area contributed by atoms with Crippen LogP contribution in [0.5, 0.6) is 0 Å². The van der Waals surface area contributed by atoms with Gasteiger partial charge in [-0.3, -0.25) is 0 Å². The molecule has 0 atom stereocenters. The molecule has 1 aromatic heterocycles. The van der Waals surface area contributed by atoms with Gasteiger partial charge in [-0.05, 0) is 17.4 Å². The lowest BCUT2D eigenvalue weighted by atomic mass is 10.1. The van der Waals surface area contributed by atoms with Crippen LogP contribution in [0, 0.1) is 0 Å². The molecule has 72 valence electrons. The van der Waals surface area contributed by atoms with Gasteiger partial charge in [-0.2, -0.15) is 0 Å². The van der Waals surface area contributed by atoms with Crippen molar-refractivity contribution in [1.29, 1.82) is 0 Å². The molecule has 2 aromatic rings. The van der Waals surface area contributed by atoms with Gasteiger partial charge < -0.3 is 0 Å². The number of aryl methyl sites for hydroxylation is 1. The highest BCUT2D eigenvalue weighted by Gasteiger charge is 2.08. The molecule has 0 unspecified atom stereocenters. The van der Waals surface area contributed by atoms with Gasteiger partial charge in [-0.1, -0.05) is 54.4 Å². The van der Waals surface area contributed by atoms with Crippen molar-refractivity contribution in [1.82, 2.24) is 4.98 Å². The number of rotatable bonds is 1. The fourth-order valence-electron chi connectivity index (χ4n) is 1.59. The number of fused-ring (bicyclic) bond motifs is 1. The zero-order valence-corrected chi connectivity index (χ0v) is 9.23. The third-order valence-corrected chi connectivity index (χ3v) is 2.87. The molecule has 14 heavy (non-hydrogen) atoms. The molecule has 0 saturated heterocycles. The van der Waals surface area contributed by atoms with E-state index in [1.165, 1.54) is 0 Å². The van der Waals surface area contributed by atoms with Gasteiger partial charge in [0.1, 0.15) is 10.3 Å². The van der Waals surface area contributed by atoms with E-state index >= 15 is 0 Å². The summed E-state index contributed by atoms with van der Waals surface area (Å²) in [6, 6.07) is 7.91. The molecular formula is C11H9Cl2N. The zero-order chi connectivity index (χ0) is 10.1. The van der Waals surface area contributed by atoms with Crippen molar-refractivity contribution in [2.45, 2.75) is 13.3 Å². The Labute approximate surface area is 92.7 Å². The Bertz CT molecular complexity index is 480. The first-order chi connectivity index (χ1) is 6.74. The SMILES string of the molecule is CCc1c(Cl)nc(Cl)c2ccccc12.